The molecule has 1 heterocycles. The molecule has 3 aromatic rings. The van der Waals surface area contributed by atoms with E-state index in [4.69, 9.17) is 21.1 Å². The third-order valence-corrected chi connectivity index (χ3v) is 6.45. The molecular formula is C23H21ClN2O5S. The molecule has 2 N–H and O–H groups in total. The van der Waals surface area contributed by atoms with E-state index in [0.29, 0.717) is 41.0 Å². The van der Waals surface area contributed by atoms with Crippen LogP contribution in [0.1, 0.15) is 22.3 Å². The molecule has 0 bridgehead atoms. The smallest absolute Gasteiger partial charge is 0.261 e. The molecule has 0 aromatic heterocycles. The fraction of sp³-hybridized carbons (Fsp3) is 0.174. The predicted molar refractivity (Wildman–Crippen MR) is 122 cm³/mol. The maximum atomic E-state index is 12.5. The SMILES string of the molecule is O=C(NCc1cc(Cl)c2c(c1)OCCCO2)c1ccc(NS(=O)(=O)c2ccccc2)cc1. The molecule has 4 rings (SSSR count). The third kappa shape index (κ3) is 5.15. The Kier molecular flexibility index (Phi) is 6.53. The molecule has 32 heavy (non-hydrogen) atoms. The van der Waals surface area contributed by atoms with Gasteiger partial charge in [-0.25, -0.2) is 8.42 Å². The number of ether oxygens (including phenoxy) is 2. The van der Waals surface area contributed by atoms with E-state index in [1.165, 1.54) is 12.1 Å². The van der Waals surface area contributed by atoms with Crippen LogP contribution in [0.5, 0.6) is 11.5 Å². The molecule has 1 aliphatic heterocycles. The number of nitrogens with one attached hydrogen (secondary N) is 2. The lowest BCUT2D eigenvalue weighted by Crippen LogP contribution is -2.22. The summed E-state index contributed by atoms with van der Waals surface area (Å²) in [5.74, 6) is 0.785. The number of hydrogen-bond donors (Lipinski definition) is 2. The molecule has 0 fully saturated rings. The van der Waals surface area contributed by atoms with E-state index >= 15 is 0 Å². The topological polar surface area (TPSA) is 93.7 Å². The number of rotatable bonds is 6. The van der Waals surface area contributed by atoms with Gasteiger partial charge >= 0.3 is 0 Å². The first-order chi connectivity index (χ1) is 15.4. The lowest BCUT2D eigenvalue weighted by Gasteiger charge is -2.12. The van der Waals surface area contributed by atoms with Crippen molar-refractivity contribution in [2.24, 2.45) is 0 Å². The maximum absolute atomic E-state index is 12.5. The molecule has 0 spiro atoms. The largest absolute Gasteiger partial charge is 0.489 e. The van der Waals surface area contributed by atoms with Crippen LogP contribution in [0.3, 0.4) is 0 Å². The van der Waals surface area contributed by atoms with Crippen molar-refractivity contribution in [1.82, 2.24) is 5.32 Å². The molecule has 0 saturated heterocycles. The summed E-state index contributed by atoms with van der Waals surface area (Å²) in [7, 11) is -3.69. The molecule has 0 radical (unpaired) electrons. The van der Waals surface area contributed by atoms with Gasteiger partial charge in [0.15, 0.2) is 11.5 Å². The van der Waals surface area contributed by atoms with Crippen LogP contribution in [-0.4, -0.2) is 27.5 Å². The minimum absolute atomic E-state index is 0.163. The second-order valence-electron chi connectivity index (χ2n) is 7.13. The zero-order valence-electron chi connectivity index (χ0n) is 17.0. The Morgan fingerprint density at radius 3 is 2.44 bits per heavy atom. The van der Waals surface area contributed by atoms with Crippen molar-refractivity contribution in [1.29, 1.82) is 0 Å². The summed E-state index contributed by atoms with van der Waals surface area (Å²) < 4.78 is 38.6. The van der Waals surface area contributed by atoms with E-state index in [9.17, 15) is 13.2 Å². The molecule has 9 heteroatoms. The number of carbonyl (C=O) groups excluding carboxylic acids is 1. The maximum Gasteiger partial charge on any atom is 0.261 e. The molecule has 7 nitrogen and oxygen atoms in total. The zero-order valence-corrected chi connectivity index (χ0v) is 18.6. The predicted octanol–water partition coefficient (Wildman–Crippen LogP) is 4.23. The summed E-state index contributed by atoms with van der Waals surface area (Å²) >= 11 is 6.29. The monoisotopic (exact) mass is 472 g/mol. The normalized spacial score (nSPS) is 13.2. The van der Waals surface area contributed by atoms with Gasteiger partial charge in [-0.3, -0.25) is 9.52 Å². The molecule has 3 aromatic carbocycles. The number of anilines is 1. The van der Waals surface area contributed by atoms with Crippen LogP contribution in [0.25, 0.3) is 0 Å². The molecule has 0 aliphatic carbocycles. The van der Waals surface area contributed by atoms with Crippen molar-refractivity contribution in [3.8, 4) is 11.5 Å². The molecular weight excluding hydrogens is 452 g/mol. The number of halogens is 1. The summed E-state index contributed by atoms with van der Waals surface area (Å²) in [6.07, 6.45) is 0.772. The first-order valence-corrected chi connectivity index (χ1v) is 11.8. The zero-order chi connectivity index (χ0) is 22.6. The van der Waals surface area contributed by atoms with Crippen LogP contribution in [0.4, 0.5) is 5.69 Å². The third-order valence-electron chi connectivity index (χ3n) is 4.77. The molecule has 0 saturated carbocycles. The van der Waals surface area contributed by atoms with Gasteiger partial charge in [-0.2, -0.15) is 0 Å². The first kappa shape index (κ1) is 22.0. The summed E-state index contributed by atoms with van der Waals surface area (Å²) in [6, 6.07) is 17.8. The van der Waals surface area contributed by atoms with Crippen molar-refractivity contribution in [3.05, 3.63) is 82.9 Å². The van der Waals surface area contributed by atoms with Crippen molar-refractivity contribution in [2.45, 2.75) is 17.9 Å². The lowest BCUT2D eigenvalue weighted by molar-refractivity contribution is 0.0951. The summed E-state index contributed by atoms with van der Waals surface area (Å²) in [6.45, 7) is 1.33. The molecule has 0 atom stereocenters. The van der Waals surface area contributed by atoms with Crippen LogP contribution >= 0.6 is 11.6 Å². The minimum atomic E-state index is -3.69. The van der Waals surface area contributed by atoms with Crippen LogP contribution in [0, 0.1) is 0 Å². The fourth-order valence-corrected chi connectivity index (χ4v) is 4.54. The Morgan fingerprint density at radius 1 is 0.969 bits per heavy atom. The van der Waals surface area contributed by atoms with Gasteiger partial charge in [0.05, 0.1) is 23.1 Å². The van der Waals surface area contributed by atoms with E-state index in [1.54, 1.807) is 54.6 Å². The van der Waals surface area contributed by atoms with E-state index in [-0.39, 0.29) is 17.3 Å². The van der Waals surface area contributed by atoms with Crippen molar-refractivity contribution in [3.63, 3.8) is 0 Å². The summed E-state index contributed by atoms with van der Waals surface area (Å²) in [5, 5.41) is 3.26. The van der Waals surface area contributed by atoms with E-state index in [1.807, 2.05) is 0 Å². The summed E-state index contributed by atoms with van der Waals surface area (Å²) in [5.41, 5.74) is 1.54. The highest BCUT2D eigenvalue weighted by Gasteiger charge is 2.17. The first-order valence-electron chi connectivity index (χ1n) is 9.96. The second kappa shape index (κ2) is 9.50. The van der Waals surface area contributed by atoms with Gasteiger partial charge < -0.3 is 14.8 Å². The van der Waals surface area contributed by atoms with Gasteiger partial charge in [-0.1, -0.05) is 29.8 Å². The molecule has 1 aliphatic rings. The van der Waals surface area contributed by atoms with Crippen molar-refractivity contribution < 1.29 is 22.7 Å². The number of carbonyl (C=O) groups is 1. The lowest BCUT2D eigenvalue weighted by atomic mass is 10.1. The van der Waals surface area contributed by atoms with E-state index in [0.717, 1.165) is 12.0 Å². The van der Waals surface area contributed by atoms with Gasteiger partial charge in [-0.15, -0.1) is 0 Å². The Balaban J connectivity index is 1.39. The molecule has 0 unspecified atom stereocenters. The highest BCUT2D eigenvalue weighted by molar-refractivity contribution is 7.92. The Labute approximate surface area is 191 Å². The van der Waals surface area contributed by atoms with Crippen LogP contribution in [0.2, 0.25) is 5.02 Å². The Bertz CT molecular complexity index is 1220. The summed E-state index contributed by atoms with van der Waals surface area (Å²) in [4.78, 5) is 12.7. The van der Waals surface area contributed by atoms with Crippen LogP contribution < -0.4 is 19.5 Å². The number of hydrogen-bond acceptors (Lipinski definition) is 5. The van der Waals surface area contributed by atoms with Crippen LogP contribution in [0.15, 0.2) is 71.6 Å². The van der Waals surface area contributed by atoms with E-state index < -0.39 is 10.0 Å². The number of fused-ring (bicyclic) bond motifs is 1. The minimum Gasteiger partial charge on any atom is -0.489 e. The standard InChI is InChI=1S/C23H21ClN2O5S/c24-20-13-16(14-21-22(20)31-12-4-11-30-21)15-25-23(27)17-7-9-18(10-8-17)26-32(28,29)19-5-2-1-3-6-19/h1-3,5-10,13-14,26H,4,11-12,15H2,(H,25,27). The van der Waals surface area contributed by atoms with Crippen LogP contribution in [-0.2, 0) is 16.6 Å². The van der Waals surface area contributed by atoms with Gasteiger partial charge in [0.2, 0.25) is 0 Å². The molecule has 1 amide bonds. The van der Waals surface area contributed by atoms with Crippen molar-refractivity contribution >= 4 is 33.2 Å². The van der Waals surface area contributed by atoms with Gasteiger partial charge in [0, 0.05) is 24.2 Å². The van der Waals surface area contributed by atoms with Gasteiger partial charge in [-0.05, 0) is 54.1 Å². The van der Waals surface area contributed by atoms with Crippen molar-refractivity contribution in [2.75, 3.05) is 17.9 Å². The average Bonchev–Trinajstić information content (AvgIpc) is 3.04. The second-order valence-corrected chi connectivity index (χ2v) is 9.22. The quantitative estimate of drug-likeness (QED) is 0.560. The highest BCUT2D eigenvalue weighted by Crippen LogP contribution is 2.38. The average molecular weight is 473 g/mol. The number of sulfonamides is 1. The number of amides is 1. The highest BCUT2D eigenvalue weighted by atomic mass is 35.5. The van der Waals surface area contributed by atoms with Gasteiger partial charge in [0.1, 0.15) is 0 Å². The Hall–Kier alpha value is -3.23. The Morgan fingerprint density at radius 2 is 1.69 bits per heavy atom. The van der Waals surface area contributed by atoms with Gasteiger partial charge in [0.25, 0.3) is 15.9 Å². The van der Waals surface area contributed by atoms with E-state index in [2.05, 4.69) is 10.0 Å². The molecule has 166 valence electrons. The number of benzene rings is 3. The fourth-order valence-electron chi connectivity index (χ4n) is 3.17.